The maximum Gasteiger partial charge on any atom is 0.322 e. The summed E-state index contributed by atoms with van der Waals surface area (Å²) in [5.41, 5.74) is 0. The predicted molar refractivity (Wildman–Crippen MR) is 231 cm³/mol. The van der Waals surface area contributed by atoms with Crippen molar-refractivity contribution in [1.82, 2.24) is 5.32 Å². The van der Waals surface area contributed by atoms with Crippen LogP contribution in [0.25, 0.3) is 0 Å². The number of hydrogen-bond acceptors (Lipinski definition) is 4. The molecule has 0 aliphatic carbocycles. The lowest BCUT2D eigenvalue weighted by Gasteiger charge is -2.14. The fraction of sp³-hybridized carbons (Fsp3) is 0.688. The summed E-state index contributed by atoms with van der Waals surface area (Å²) < 4.78 is 5.92. The Morgan fingerprint density at radius 1 is 0.519 bits per heavy atom. The lowest BCUT2D eigenvalue weighted by molar-refractivity contribution is -0.147. The highest BCUT2D eigenvalue weighted by molar-refractivity contribution is 5.80. The summed E-state index contributed by atoms with van der Waals surface area (Å²) in [6, 6.07) is 0. The highest BCUT2D eigenvalue weighted by atomic mass is 16.5. The van der Waals surface area contributed by atoms with Crippen molar-refractivity contribution in [2.24, 2.45) is 0 Å². The number of carboxylic acid groups (broad SMARTS) is 1. The van der Waals surface area contributed by atoms with Crippen LogP contribution in [0.2, 0.25) is 0 Å². The number of rotatable bonds is 39. The van der Waals surface area contributed by atoms with Gasteiger partial charge in [0, 0.05) is 12.8 Å². The van der Waals surface area contributed by atoms with Gasteiger partial charge < -0.3 is 15.2 Å². The van der Waals surface area contributed by atoms with Crippen molar-refractivity contribution >= 4 is 17.8 Å². The van der Waals surface area contributed by atoms with Crippen molar-refractivity contribution in [3.63, 3.8) is 0 Å². The number of carboxylic acids is 1. The maximum absolute atomic E-state index is 12.7. The summed E-state index contributed by atoms with van der Waals surface area (Å²) in [6.07, 6.45) is 57.7. The third kappa shape index (κ3) is 41.6. The molecule has 6 heteroatoms. The number of amides is 1. The second-order valence-electron chi connectivity index (χ2n) is 14.6. The van der Waals surface area contributed by atoms with Gasteiger partial charge in [0.2, 0.25) is 5.91 Å². The molecule has 1 unspecified atom stereocenters. The number of esters is 1. The number of nitrogens with one attached hydrogen (secondary N) is 1. The van der Waals surface area contributed by atoms with E-state index in [4.69, 9.17) is 9.84 Å². The molecule has 0 aliphatic rings. The lowest BCUT2D eigenvalue weighted by atomic mass is 10.0. The Kier molecular flexibility index (Phi) is 40.1. The monoisotopic (exact) mass is 752 g/mol. The quantitative estimate of drug-likeness (QED) is 0.0371. The van der Waals surface area contributed by atoms with Crippen molar-refractivity contribution in [2.75, 3.05) is 6.54 Å². The van der Waals surface area contributed by atoms with Gasteiger partial charge in [-0.05, 0) is 89.5 Å². The molecule has 0 saturated heterocycles. The van der Waals surface area contributed by atoms with Gasteiger partial charge in [-0.1, -0.05) is 171 Å². The number of hydrogen-bond donors (Lipinski definition) is 2. The third-order valence-electron chi connectivity index (χ3n) is 9.35. The first-order valence-corrected chi connectivity index (χ1v) is 22.1. The van der Waals surface area contributed by atoms with Crippen LogP contribution in [0.5, 0.6) is 0 Å². The first-order chi connectivity index (χ1) is 26.5. The predicted octanol–water partition coefficient (Wildman–Crippen LogP) is 13.8. The van der Waals surface area contributed by atoms with E-state index < -0.39 is 5.97 Å². The van der Waals surface area contributed by atoms with Crippen LogP contribution in [0.3, 0.4) is 0 Å². The van der Waals surface area contributed by atoms with Gasteiger partial charge in [0.1, 0.15) is 12.6 Å². The zero-order valence-corrected chi connectivity index (χ0v) is 34.8. The maximum atomic E-state index is 12.7. The molecule has 0 aromatic heterocycles. The molecule has 0 aromatic carbocycles. The van der Waals surface area contributed by atoms with Gasteiger partial charge in [-0.15, -0.1) is 0 Å². The molecule has 0 bridgehead atoms. The summed E-state index contributed by atoms with van der Waals surface area (Å²) in [5, 5.41) is 11.1. The van der Waals surface area contributed by atoms with Gasteiger partial charge in [-0.3, -0.25) is 14.4 Å². The Morgan fingerprint density at radius 3 is 1.50 bits per heavy atom. The molecule has 0 aliphatic heterocycles. The Morgan fingerprint density at radius 2 is 0.963 bits per heavy atom. The number of allylic oxidation sites excluding steroid dienone is 11. The fourth-order valence-electron chi connectivity index (χ4n) is 6.10. The topological polar surface area (TPSA) is 92.7 Å². The average molecular weight is 752 g/mol. The van der Waals surface area contributed by atoms with Gasteiger partial charge in [-0.25, -0.2) is 0 Å². The zero-order valence-electron chi connectivity index (χ0n) is 34.8. The van der Waals surface area contributed by atoms with Crippen LogP contribution < -0.4 is 5.32 Å². The van der Waals surface area contributed by atoms with Crippen LogP contribution in [0.15, 0.2) is 72.9 Å². The number of ether oxygens (including phenoxy) is 1. The zero-order chi connectivity index (χ0) is 39.4. The molecular weight excluding hydrogens is 671 g/mol. The van der Waals surface area contributed by atoms with E-state index in [1.54, 1.807) is 0 Å². The van der Waals surface area contributed by atoms with Crippen molar-refractivity contribution in [1.29, 1.82) is 0 Å². The van der Waals surface area contributed by atoms with Gasteiger partial charge in [0.25, 0.3) is 0 Å². The Hall–Kier alpha value is -3.15. The molecule has 54 heavy (non-hydrogen) atoms. The summed E-state index contributed by atoms with van der Waals surface area (Å²) in [6.45, 7) is 4.07. The van der Waals surface area contributed by atoms with Gasteiger partial charge in [0.15, 0.2) is 0 Å². The summed E-state index contributed by atoms with van der Waals surface area (Å²) in [5.74, 6) is -1.30. The number of carbonyl (C=O) groups excluding carboxylic acids is 2. The van der Waals surface area contributed by atoms with E-state index in [9.17, 15) is 14.4 Å². The van der Waals surface area contributed by atoms with Crippen LogP contribution in [0.1, 0.15) is 200 Å². The average Bonchev–Trinajstić information content (AvgIpc) is 3.16. The van der Waals surface area contributed by atoms with Crippen LogP contribution in [-0.2, 0) is 19.1 Å². The minimum Gasteiger partial charge on any atom is -0.480 e. The molecule has 0 aromatic rings. The molecule has 6 nitrogen and oxygen atoms in total. The van der Waals surface area contributed by atoms with Gasteiger partial charge in [0.05, 0.1) is 0 Å². The molecule has 0 heterocycles. The number of aliphatic carboxylic acids is 1. The highest BCUT2D eigenvalue weighted by Crippen LogP contribution is 2.16. The van der Waals surface area contributed by atoms with E-state index in [0.717, 1.165) is 96.3 Å². The molecule has 2 N–H and O–H groups in total. The van der Waals surface area contributed by atoms with Crippen molar-refractivity contribution < 1.29 is 24.2 Å². The van der Waals surface area contributed by atoms with Crippen molar-refractivity contribution in [3.05, 3.63) is 72.9 Å². The van der Waals surface area contributed by atoms with Crippen molar-refractivity contribution in [2.45, 2.75) is 206 Å². The van der Waals surface area contributed by atoms with Crippen molar-refractivity contribution in [3.8, 4) is 0 Å². The molecular formula is C48H81NO5. The molecule has 0 spiro atoms. The van der Waals surface area contributed by atoms with E-state index in [2.05, 4.69) is 92.1 Å². The van der Waals surface area contributed by atoms with Gasteiger partial charge >= 0.3 is 11.9 Å². The van der Waals surface area contributed by atoms with E-state index >= 15 is 0 Å². The van der Waals surface area contributed by atoms with Crippen LogP contribution in [0.4, 0.5) is 0 Å². The fourth-order valence-corrected chi connectivity index (χ4v) is 6.10. The third-order valence-corrected chi connectivity index (χ3v) is 9.35. The summed E-state index contributed by atoms with van der Waals surface area (Å²) in [7, 11) is 0. The van der Waals surface area contributed by atoms with E-state index in [-0.39, 0.29) is 24.5 Å². The first-order valence-electron chi connectivity index (χ1n) is 22.1. The lowest BCUT2D eigenvalue weighted by Crippen LogP contribution is -2.28. The molecule has 0 fully saturated rings. The second kappa shape index (κ2) is 42.6. The Labute approximate surface area is 332 Å². The minimum atomic E-state index is -1.02. The minimum absolute atomic E-state index is 0.0776. The second-order valence-corrected chi connectivity index (χ2v) is 14.6. The summed E-state index contributed by atoms with van der Waals surface area (Å²) >= 11 is 0. The molecule has 1 amide bonds. The molecule has 1 atom stereocenters. The Bertz CT molecular complexity index is 1050. The van der Waals surface area contributed by atoms with Gasteiger partial charge in [-0.2, -0.15) is 0 Å². The van der Waals surface area contributed by atoms with Crippen LogP contribution >= 0.6 is 0 Å². The Balaban J connectivity index is 4.04. The van der Waals surface area contributed by atoms with E-state index in [0.29, 0.717) is 12.8 Å². The molecule has 0 saturated carbocycles. The standard InChI is InChI=1S/C48H81NO5/c1-3-5-7-9-11-13-14-15-16-17-18-19-20-21-22-23-24-25-26-27-29-35-39-43-48(53)54-45(40-36-32-28-12-10-8-6-4-2)41-37-33-30-31-34-38-42-46(50)49-44-47(51)52/h5,7,11-13,15-16,18-19,28,36,40,45H,3-4,6,8-10,14,17,20-27,29-35,37-39,41-44H2,1-2H3,(H,49,50)(H,51,52)/b7-5-,13-11-,16-15-,19-18-,28-12-,40-36-. The molecule has 308 valence electrons. The number of unbranched alkanes of at least 4 members (excludes halogenated alkanes) is 18. The van der Waals surface area contributed by atoms with Crippen LogP contribution in [-0.4, -0.2) is 35.6 Å². The SMILES string of the molecule is CC/C=C\C/C=C\C/C=C\C/C=C\CCCCCCCCCCCCC(=O)OC(/C=C\C/C=C\CCCCC)CCCCCCCCC(=O)NCC(=O)O. The van der Waals surface area contributed by atoms with Crippen LogP contribution in [0, 0.1) is 0 Å². The summed E-state index contributed by atoms with van der Waals surface area (Å²) in [4.78, 5) is 34.9. The number of carbonyl (C=O) groups is 3. The smallest absolute Gasteiger partial charge is 0.322 e. The van der Waals surface area contributed by atoms with E-state index in [1.807, 2.05) is 0 Å². The molecule has 0 rings (SSSR count). The largest absolute Gasteiger partial charge is 0.480 e. The normalized spacial score (nSPS) is 12.8. The van der Waals surface area contributed by atoms with E-state index in [1.165, 1.54) is 77.0 Å². The molecule has 0 radical (unpaired) electrons. The highest BCUT2D eigenvalue weighted by Gasteiger charge is 2.11. The first kappa shape index (κ1) is 50.9.